The van der Waals surface area contributed by atoms with Gasteiger partial charge in [-0.25, -0.2) is 4.98 Å². The van der Waals surface area contributed by atoms with E-state index in [1.54, 1.807) is 36.1 Å². The molecular formula is C19H13F3N4OS. The van der Waals surface area contributed by atoms with Crippen LogP contribution >= 0.6 is 11.3 Å². The lowest BCUT2D eigenvalue weighted by molar-refractivity contribution is -0.137. The van der Waals surface area contributed by atoms with Gasteiger partial charge in [0, 0.05) is 16.8 Å². The first-order valence-electron chi connectivity index (χ1n) is 8.04. The van der Waals surface area contributed by atoms with E-state index in [1.165, 1.54) is 17.4 Å². The Morgan fingerprint density at radius 1 is 1.21 bits per heavy atom. The standard InChI is InChI=1S/C19H13F3N4OS/c1-12-17(11-27)25-18(28-12)26(16-6-2-13(8-23)3-7-16)10-15-5-4-14(9-24-15)19(20,21)22/h2-7,9,11H,10H2,1H3. The van der Waals surface area contributed by atoms with E-state index in [0.717, 1.165) is 17.1 Å². The average molecular weight is 402 g/mol. The number of anilines is 2. The summed E-state index contributed by atoms with van der Waals surface area (Å²) in [5.74, 6) is 0. The third-order valence-corrected chi connectivity index (χ3v) is 4.95. The fourth-order valence-electron chi connectivity index (χ4n) is 2.45. The molecule has 0 N–H and O–H groups in total. The van der Waals surface area contributed by atoms with Crippen molar-refractivity contribution in [3.63, 3.8) is 0 Å². The van der Waals surface area contributed by atoms with Crippen LogP contribution in [0.15, 0.2) is 42.6 Å². The fraction of sp³-hybridized carbons (Fsp3) is 0.158. The van der Waals surface area contributed by atoms with E-state index in [9.17, 15) is 18.0 Å². The minimum Gasteiger partial charge on any atom is -0.312 e. The van der Waals surface area contributed by atoms with Crippen LogP contribution in [0.1, 0.15) is 32.2 Å². The van der Waals surface area contributed by atoms with Gasteiger partial charge in [-0.1, -0.05) is 0 Å². The third-order valence-electron chi connectivity index (χ3n) is 3.94. The van der Waals surface area contributed by atoms with Crippen molar-refractivity contribution >= 4 is 28.4 Å². The third kappa shape index (κ3) is 4.18. The van der Waals surface area contributed by atoms with Crippen LogP contribution in [-0.4, -0.2) is 16.3 Å². The van der Waals surface area contributed by atoms with Crippen LogP contribution < -0.4 is 4.90 Å². The molecule has 0 saturated carbocycles. The van der Waals surface area contributed by atoms with Crippen LogP contribution in [0.25, 0.3) is 0 Å². The van der Waals surface area contributed by atoms with Crippen molar-refractivity contribution in [2.75, 3.05) is 4.90 Å². The Labute approximate surface area is 162 Å². The van der Waals surface area contributed by atoms with Crippen LogP contribution in [0.3, 0.4) is 0 Å². The van der Waals surface area contributed by atoms with E-state index in [2.05, 4.69) is 9.97 Å². The van der Waals surface area contributed by atoms with Crippen LogP contribution in [-0.2, 0) is 12.7 Å². The van der Waals surface area contributed by atoms with E-state index in [0.29, 0.717) is 34.1 Å². The number of aromatic nitrogens is 2. The van der Waals surface area contributed by atoms with Gasteiger partial charge in [0.2, 0.25) is 0 Å². The summed E-state index contributed by atoms with van der Waals surface area (Å²) in [7, 11) is 0. The van der Waals surface area contributed by atoms with Gasteiger partial charge in [0.15, 0.2) is 11.4 Å². The SMILES string of the molecule is Cc1sc(N(Cc2ccc(C(F)(F)F)cn2)c2ccc(C#N)cc2)nc1C=O. The second-order valence-electron chi connectivity index (χ2n) is 5.84. The molecule has 0 radical (unpaired) electrons. The summed E-state index contributed by atoms with van der Waals surface area (Å²) in [6.07, 6.45) is -3.01. The summed E-state index contributed by atoms with van der Waals surface area (Å²) >= 11 is 1.29. The molecule has 2 aromatic heterocycles. The van der Waals surface area contributed by atoms with Gasteiger partial charge in [-0.05, 0) is 43.3 Å². The summed E-state index contributed by atoms with van der Waals surface area (Å²) in [6, 6.07) is 11.0. The zero-order valence-electron chi connectivity index (χ0n) is 14.6. The number of hydrogen-bond acceptors (Lipinski definition) is 6. The van der Waals surface area contributed by atoms with Gasteiger partial charge in [0.25, 0.3) is 0 Å². The highest BCUT2D eigenvalue weighted by atomic mass is 32.1. The lowest BCUT2D eigenvalue weighted by atomic mass is 10.2. The number of carbonyl (C=O) groups excluding carboxylic acids is 1. The van der Waals surface area contributed by atoms with E-state index in [1.807, 2.05) is 6.07 Å². The predicted molar refractivity (Wildman–Crippen MR) is 98.5 cm³/mol. The van der Waals surface area contributed by atoms with Gasteiger partial charge in [0.1, 0.15) is 5.69 Å². The number of pyridine rings is 1. The van der Waals surface area contributed by atoms with Crippen molar-refractivity contribution in [1.82, 2.24) is 9.97 Å². The number of hydrogen-bond donors (Lipinski definition) is 0. The Morgan fingerprint density at radius 3 is 2.43 bits per heavy atom. The zero-order chi connectivity index (χ0) is 20.3. The predicted octanol–water partition coefficient (Wildman–Crippen LogP) is 4.89. The second kappa shape index (κ2) is 7.78. The largest absolute Gasteiger partial charge is 0.417 e. The maximum atomic E-state index is 12.8. The monoisotopic (exact) mass is 402 g/mol. The Bertz CT molecular complexity index is 1020. The number of thiazole rings is 1. The molecule has 0 bridgehead atoms. The van der Waals surface area contributed by atoms with Crippen LogP contribution in [0.4, 0.5) is 24.0 Å². The number of nitriles is 1. The summed E-state index contributed by atoms with van der Waals surface area (Å²) in [6.45, 7) is 1.91. The number of rotatable bonds is 5. The van der Waals surface area contributed by atoms with Gasteiger partial charge >= 0.3 is 6.18 Å². The number of alkyl halides is 3. The lowest BCUT2D eigenvalue weighted by Gasteiger charge is -2.22. The number of halogens is 3. The first-order valence-corrected chi connectivity index (χ1v) is 8.86. The molecule has 142 valence electrons. The molecule has 0 aliphatic rings. The molecule has 9 heteroatoms. The molecular weight excluding hydrogens is 389 g/mol. The quantitative estimate of drug-likeness (QED) is 0.569. The van der Waals surface area contributed by atoms with Crippen molar-refractivity contribution in [2.24, 2.45) is 0 Å². The van der Waals surface area contributed by atoms with Crippen molar-refractivity contribution in [3.05, 3.63) is 70.0 Å². The van der Waals surface area contributed by atoms with Crippen molar-refractivity contribution in [3.8, 4) is 6.07 Å². The Balaban J connectivity index is 1.98. The topological polar surface area (TPSA) is 69.9 Å². The van der Waals surface area contributed by atoms with Crippen LogP contribution in [0, 0.1) is 18.3 Å². The first kappa shape index (κ1) is 19.5. The Hall–Kier alpha value is -3.25. The van der Waals surface area contributed by atoms with Gasteiger partial charge in [-0.2, -0.15) is 18.4 Å². The molecule has 0 fully saturated rings. The minimum atomic E-state index is -4.45. The molecule has 28 heavy (non-hydrogen) atoms. The number of aldehydes is 1. The molecule has 0 unspecified atom stereocenters. The Kier molecular flexibility index (Phi) is 5.42. The van der Waals surface area contributed by atoms with Crippen LogP contribution in [0.5, 0.6) is 0 Å². The second-order valence-corrected chi connectivity index (χ2v) is 7.02. The first-order chi connectivity index (χ1) is 13.3. The molecule has 0 atom stereocenters. The van der Waals surface area contributed by atoms with Gasteiger partial charge in [-0.3, -0.25) is 9.78 Å². The zero-order valence-corrected chi connectivity index (χ0v) is 15.4. The van der Waals surface area contributed by atoms with E-state index < -0.39 is 11.7 Å². The maximum Gasteiger partial charge on any atom is 0.417 e. The maximum absolute atomic E-state index is 12.8. The number of benzene rings is 1. The molecule has 0 amide bonds. The van der Waals surface area contributed by atoms with E-state index in [-0.39, 0.29) is 6.54 Å². The summed E-state index contributed by atoms with van der Waals surface area (Å²) < 4.78 is 38.3. The molecule has 0 aliphatic heterocycles. The van der Waals surface area contributed by atoms with Gasteiger partial charge in [0.05, 0.1) is 29.4 Å². The van der Waals surface area contributed by atoms with Gasteiger partial charge in [-0.15, -0.1) is 11.3 Å². The number of aryl methyl sites for hydroxylation is 1. The highest BCUT2D eigenvalue weighted by molar-refractivity contribution is 7.15. The minimum absolute atomic E-state index is 0.148. The smallest absolute Gasteiger partial charge is 0.312 e. The van der Waals surface area contributed by atoms with Crippen LogP contribution in [0.2, 0.25) is 0 Å². The Morgan fingerprint density at radius 2 is 1.93 bits per heavy atom. The molecule has 0 aliphatic carbocycles. The fourth-order valence-corrected chi connectivity index (χ4v) is 3.35. The van der Waals surface area contributed by atoms with Crippen molar-refractivity contribution < 1.29 is 18.0 Å². The van der Waals surface area contributed by atoms with Gasteiger partial charge < -0.3 is 4.90 Å². The molecule has 3 rings (SSSR count). The lowest BCUT2D eigenvalue weighted by Crippen LogP contribution is -2.17. The number of carbonyl (C=O) groups is 1. The highest BCUT2D eigenvalue weighted by Crippen LogP contribution is 2.33. The van der Waals surface area contributed by atoms with E-state index >= 15 is 0 Å². The molecule has 2 heterocycles. The summed E-state index contributed by atoms with van der Waals surface area (Å²) in [5.41, 5.74) is 1.03. The van der Waals surface area contributed by atoms with Crippen molar-refractivity contribution in [1.29, 1.82) is 5.26 Å². The molecule has 0 saturated heterocycles. The normalized spacial score (nSPS) is 11.1. The molecule has 5 nitrogen and oxygen atoms in total. The molecule has 3 aromatic rings. The average Bonchev–Trinajstić information content (AvgIpc) is 3.06. The van der Waals surface area contributed by atoms with E-state index in [4.69, 9.17) is 5.26 Å². The summed E-state index contributed by atoms with van der Waals surface area (Å²) in [5, 5.41) is 9.47. The summed E-state index contributed by atoms with van der Waals surface area (Å²) in [4.78, 5) is 21.8. The molecule has 1 aromatic carbocycles. The molecule has 0 spiro atoms. The highest BCUT2D eigenvalue weighted by Gasteiger charge is 2.30. The number of nitrogens with zero attached hydrogens (tertiary/aromatic N) is 4. The van der Waals surface area contributed by atoms with Crippen molar-refractivity contribution in [2.45, 2.75) is 19.6 Å².